The zero-order valence-electron chi connectivity index (χ0n) is 19.6. The number of amides is 1. The molecule has 3 aliphatic heterocycles. The van der Waals surface area contributed by atoms with Crippen LogP contribution >= 0.6 is 0 Å². The Bertz CT molecular complexity index is 915. The van der Waals surface area contributed by atoms with Gasteiger partial charge >= 0.3 is 5.97 Å². The number of ether oxygens (including phenoxy) is 3. The van der Waals surface area contributed by atoms with Crippen molar-refractivity contribution < 1.29 is 49.3 Å². The highest BCUT2D eigenvalue weighted by molar-refractivity contribution is 5.84. The number of carboxylic acids is 1. The normalized spacial score (nSPS) is 40.4. The van der Waals surface area contributed by atoms with Crippen LogP contribution in [-0.4, -0.2) is 103 Å². The molecule has 11 nitrogen and oxygen atoms in total. The molecular weight excluding hydrogens is 462 g/mol. The number of hydrogen-bond acceptors (Lipinski definition) is 9. The molecule has 0 aromatic heterocycles. The van der Waals surface area contributed by atoms with Gasteiger partial charge in [-0.25, -0.2) is 4.79 Å². The molecule has 2 unspecified atom stereocenters. The van der Waals surface area contributed by atoms with Gasteiger partial charge in [-0.15, -0.1) is 0 Å². The van der Waals surface area contributed by atoms with Crippen LogP contribution in [0.3, 0.4) is 0 Å². The van der Waals surface area contributed by atoms with E-state index >= 15 is 0 Å². The maximum absolute atomic E-state index is 13.5. The first kappa shape index (κ1) is 26.0. The van der Waals surface area contributed by atoms with E-state index in [0.717, 1.165) is 0 Å². The van der Waals surface area contributed by atoms with Crippen molar-refractivity contribution in [3.8, 4) is 0 Å². The van der Waals surface area contributed by atoms with Gasteiger partial charge in [-0.3, -0.25) is 4.79 Å². The average Bonchev–Trinajstić information content (AvgIpc) is 3.19. The molecule has 3 heterocycles. The summed E-state index contributed by atoms with van der Waals surface area (Å²) >= 11 is 0. The van der Waals surface area contributed by atoms with E-state index in [4.69, 9.17) is 14.2 Å². The second-order valence-corrected chi connectivity index (χ2v) is 9.78. The summed E-state index contributed by atoms with van der Waals surface area (Å²) in [6, 6.07) is 7.79. The molecule has 3 saturated heterocycles. The Balaban J connectivity index is 1.48. The van der Waals surface area contributed by atoms with Crippen molar-refractivity contribution in [1.82, 2.24) is 4.90 Å². The summed E-state index contributed by atoms with van der Waals surface area (Å²) in [7, 11) is 0. The van der Waals surface area contributed by atoms with Gasteiger partial charge in [0.15, 0.2) is 12.4 Å². The van der Waals surface area contributed by atoms with E-state index in [2.05, 4.69) is 0 Å². The van der Waals surface area contributed by atoms with Crippen LogP contribution < -0.4 is 0 Å². The molecule has 0 radical (unpaired) electrons. The first-order valence-corrected chi connectivity index (χ1v) is 11.8. The van der Waals surface area contributed by atoms with Crippen LogP contribution in [0, 0.1) is 0 Å². The molecule has 5 N–H and O–H groups in total. The van der Waals surface area contributed by atoms with Crippen molar-refractivity contribution in [2.75, 3.05) is 6.61 Å². The third-order valence-electron chi connectivity index (χ3n) is 7.46. The number of fused-ring (bicyclic) bond motifs is 1. The minimum Gasteiger partial charge on any atom is -0.479 e. The highest BCUT2D eigenvalue weighted by Crippen LogP contribution is 2.43. The Hall–Kier alpha value is -2.12. The van der Waals surface area contributed by atoms with Gasteiger partial charge < -0.3 is 44.6 Å². The number of aliphatic carboxylic acids is 1. The summed E-state index contributed by atoms with van der Waals surface area (Å²) in [5.74, 6) is -1.69. The minimum absolute atomic E-state index is 0.0396. The van der Waals surface area contributed by atoms with Gasteiger partial charge in [-0.1, -0.05) is 30.3 Å². The number of rotatable bonds is 7. The topological polar surface area (TPSA) is 166 Å². The molecular formula is C24H33NO10. The van der Waals surface area contributed by atoms with Crippen LogP contribution in [0.15, 0.2) is 30.3 Å². The van der Waals surface area contributed by atoms with Crippen LogP contribution in [0.5, 0.6) is 0 Å². The van der Waals surface area contributed by atoms with E-state index in [1.165, 1.54) is 4.90 Å². The number of carbonyl (C=O) groups excluding carboxylic acids is 1. The Kier molecular flexibility index (Phi) is 7.49. The Morgan fingerprint density at radius 2 is 1.86 bits per heavy atom. The Morgan fingerprint density at radius 1 is 1.17 bits per heavy atom. The number of benzene rings is 1. The molecule has 4 rings (SSSR count). The van der Waals surface area contributed by atoms with Crippen LogP contribution in [0.2, 0.25) is 0 Å². The fourth-order valence-electron chi connectivity index (χ4n) is 5.30. The first-order chi connectivity index (χ1) is 16.5. The van der Waals surface area contributed by atoms with Crippen molar-refractivity contribution >= 4 is 11.9 Å². The van der Waals surface area contributed by atoms with Gasteiger partial charge in [0.05, 0.1) is 30.4 Å². The number of piperidine rings is 1. The fourth-order valence-corrected chi connectivity index (χ4v) is 5.30. The molecule has 1 aromatic rings. The number of carbonyl (C=O) groups is 2. The summed E-state index contributed by atoms with van der Waals surface area (Å²) in [6.45, 7) is 3.26. The molecule has 0 spiro atoms. The zero-order valence-corrected chi connectivity index (χ0v) is 19.6. The summed E-state index contributed by atoms with van der Waals surface area (Å²) in [5.41, 5.74) is -0.499. The lowest BCUT2D eigenvalue weighted by Gasteiger charge is -2.48. The van der Waals surface area contributed by atoms with Gasteiger partial charge in [0.25, 0.3) is 5.91 Å². The zero-order chi connectivity index (χ0) is 25.5. The van der Waals surface area contributed by atoms with Crippen molar-refractivity contribution in [3.05, 3.63) is 35.9 Å². The second-order valence-electron chi connectivity index (χ2n) is 9.78. The van der Waals surface area contributed by atoms with E-state index < -0.39 is 72.5 Å². The lowest BCUT2D eigenvalue weighted by atomic mass is 9.84. The van der Waals surface area contributed by atoms with Crippen LogP contribution in [0.4, 0.5) is 0 Å². The van der Waals surface area contributed by atoms with Crippen molar-refractivity contribution in [2.24, 2.45) is 0 Å². The Morgan fingerprint density at radius 3 is 2.51 bits per heavy atom. The molecule has 0 aliphatic carbocycles. The predicted octanol–water partition coefficient (Wildman–Crippen LogP) is -0.444. The SMILES string of the molecule is C[C@@H]1O[C@@H](OCC2CC[C@@]3(C)[C@@H](O)C[C@H](OC(C(=O)O)c4ccccc4)C(=O)N23)[C@@H](O)[C@H](O)[C@@H]1O. The molecule has 3 aliphatic rings. The maximum Gasteiger partial charge on any atom is 0.337 e. The van der Waals surface area contributed by atoms with Gasteiger partial charge in [-0.05, 0) is 32.3 Å². The molecule has 11 heteroatoms. The number of nitrogens with zero attached hydrogens (tertiary/aromatic N) is 1. The first-order valence-electron chi connectivity index (χ1n) is 11.8. The van der Waals surface area contributed by atoms with Gasteiger partial charge in [-0.2, -0.15) is 0 Å². The summed E-state index contributed by atoms with van der Waals surface area (Å²) in [5, 5.41) is 50.7. The second kappa shape index (κ2) is 10.1. The maximum atomic E-state index is 13.5. The number of hydrogen-bond donors (Lipinski definition) is 5. The van der Waals surface area contributed by atoms with Gasteiger partial charge in [0.1, 0.15) is 24.4 Å². The molecule has 0 bridgehead atoms. The minimum atomic E-state index is -1.48. The van der Waals surface area contributed by atoms with Crippen molar-refractivity contribution in [1.29, 1.82) is 0 Å². The highest BCUT2D eigenvalue weighted by Gasteiger charge is 2.56. The monoisotopic (exact) mass is 495 g/mol. The van der Waals surface area contributed by atoms with E-state index in [-0.39, 0.29) is 13.0 Å². The molecule has 1 aromatic carbocycles. The number of carboxylic acid groups (broad SMARTS) is 1. The number of aliphatic hydroxyl groups is 4. The van der Waals surface area contributed by atoms with Crippen molar-refractivity contribution in [3.63, 3.8) is 0 Å². The molecule has 0 saturated carbocycles. The lowest BCUT2D eigenvalue weighted by molar-refractivity contribution is -0.295. The van der Waals surface area contributed by atoms with Crippen LogP contribution in [-0.2, 0) is 23.8 Å². The standard InChI is InChI=1S/C24H33NO10/c1-12-17(27)18(28)19(29)23(34-12)33-11-14-8-9-24(2)16(26)10-15(21(30)25(14)24)35-20(22(31)32)13-6-4-3-5-7-13/h3-7,12,14-20,23,26-29H,8-11H2,1-2H3,(H,31,32)/t12-,14?,15-,16-,17+,18+,19-,20?,23+,24-/m0/s1. The third kappa shape index (κ3) is 4.82. The smallest absolute Gasteiger partial charge is 0.337 e. The lowest BCUT2D eigenvalue weighted by Crippen LogP contribution is -2.65. The van der Waals surface area contributed by atoms with E-state index in [0.29, 0.717) is 18.4 Å². The summed E-state index contributed by atoms with van der Waals surface area (Å²) < 4.78 is 16.9. The van der Waals surface area contributed by atoms with Crippen molar-refractivity contribution in [2.45, 2.75) is 93.7 Å². The molecule has 194 valence electrons. The van der Waals surface area contributed by atoms with Crippen LogP contribution in [0.25, 0.3) is 0 Å². The van der Waals surface area contributed by atoms with E-state index in [1.807, 2.05) is 0 Å². The highest BCUT2D eigenvalue weighted by atomic mass is 16.7. The predicted molar refractivity (Wildman–Crippen MR) is 119 cm³/mol. The average molecular weight is 496 g/mol. The summed E-state index contributed by atoms with van der Waals surface area (Å²) in [4.78, 5) is 26.9. The summed E-state index contributed by atoms with van der Waals surface area (Å²) in [6.07, 6.45) is -8.71. The number of aliphatic hydroxyl groups excluding tert-OH is 4. The fraction of sp³-hybridized carbons (Fsp3) is 0.667. The van der Waals surface area contributed by atoms with Gasteiger partial charge in [0.2, 0.25) is 0 Å². The Labute approximate surface area is 202 Å². The largest absolute Gasteiger partial charge is 0.479 e. The molecule has 3 fully saturated rings. The van der Waals surface area contributed by atoms with Gasteiger partial charge in [0, 0.05) is 6.42 Å². The quantitative estimate of drug-likeness (QED) is 0.335. The van der Waals surface area contributed by atoms with E-state index in [1.54, 1.807) is 44.2 Å². The third-order valence-corrected chi connectivity index (χ3v) is 7.46. The molecule has 10 atom stereocenters. The molecule has 1 amide bonds. The van der Waals surface area contributed by atoms with E-state index in [9.17, 15) is 35.1 Å². The van der Waals surface area contributed by atoms with Crippen LogP contribution in [0.1, 0.15) is 44.8 Å². The molecule has 35 heavy (non-hydrogen) atoms.